The topological polar surface area (TPSA) is 51.2 Å². The number of rotatable bonds is 3. The largest absolute Gasteiger partial charge is 0.497 e. The first-order chi connectivity index (χ1) is 9.76. The number of nitrogens with one attached hydrogen (secondary N) is 1. The molecule has 3 rings (SSSR count). The quantitative estimate of drug-likeness (QED) is 0.942. The van der Waals surface area contributed by atoms with E-state index in [2.05, 4.69) is 10.3 Å². The lowest BCUT2D eigenvalue weighted by Gasteiger charge is -2.23. The second-order valence-corrected chi connectivity index (χ2v) is 5.76. The molecule has 1 N–H and O–H groups in total. The lowest BCUT2D eigenvalue weighted by Crippen LogP contribution is -2.30. The van der Waals surface area contributed by atoms with E-state index in [0.717, 1.165) is 21.9 Å². The van der Waals surface area contributed by atoms with Gasteiger partial charge in [0.1, 0.15) is 5.75 Å². The maximum absolute atomic E-state index is 12.1. The molecule has 20 heavy (non-hydrogen) atoms. The number of anilines is 1. The van der Waals surface area contributed by atoms with Gasteiger partial charge in [0.05, 0.1) is 24.2 Å². The molecule has 0 spiro atoms. The van der Waals surface area contributed by atoms with Crippen molar-refractivity contribution < 1.29 is 9.53 Å². The van der Waals surface area contributed by atoms with Crippen LogP contribution in [0.15, 0.2) is 47.6 Å². The number of benzene rings is 1. The number of amides is 1. The first kappa shape index (κ1) is 13.0. The van der Waals surface area contributed by atoms with Crippen molar-refractivity contribution in [3.63, 3.8) is 0 Å². The Labute approximate surface area is 121 Å². The zero-order valence-corrected chi connectivity index (χ0v) is 11.8. The number of pyridine rings is 1. The molecular formula is C15H14N2O2S. The summed E-state index contributed by atoms with van der Waals surface area (Å²) in [5.74, 6) is 0.859. The van der Waals surface area contributed by atoms with Crippen molar-refractivity contribution in [2.45, 2.75) is 16.6 Å². The van der Waals surface area contributed by atoms with Gasteiger partial charge in [-0.25, -0.2) is 0 Å². The van der Waals surface area contributed by atoms with Gasteiger partial charge in [0.15, 0.2) is 0 Å². The Balaban J connectivity index is 1.76. The minimum Gasteiger partial charge on any atom is -0.497 e. The molecule has 0 saturated carbocycles. The maximum Gasteiger partial charge on any atom is 0.238 e. The van der Waals surface area contributed by atoms with Crippen LogP contribution >= 0.6 is 11.8 Å². The summed E-state index contributed by atoms with van der Waals surface area (Å²) < 4.78 is 5.14. The molecule has 1 amide bonds. The summed E-state index contributed by atoms with van der Waals surface area (Å²) >= 11 is 1.59. The summed E-state index contributed by atoms with van der Waals surface area (Å²) in [5.41, 5.74) is 1.92. The molecular weight excluding hydrogens is 272 g/mol. The minimum absolute atomic E-state index is 0.0336. The minimum atomic E-state index is -0.113. The fourth-order valence-corrected chi connectivity index (χ4v) is 3.23. The van der Waals surface area contributed by atoms with Crippen LogP contribution in [0.4, 0.5) is 5.69 Å². The molecule has 0 saturated heterocycles. The number of aromatic nitrogens is 1. The third kappa shape index (κ3) is 2.63. The highest BCUT2D eigenvalue weighted by Gasteiger charge is 2.26. The third-order valence-electron chi connectivity index (χ3n) is 3.18. The van der Waals surface area contributed by atoms with E-state index in [4.69, 9.17) is 4.74 Å². The van der Waals surface area contributed by atoms with E-state index in [1.807, 2.05) is 30.3 Å². The second kappa shape index (κ2) is 5.54. The number of fused-ring (bicyclic) bond motifs is 1. The molecule has 1 atom stereocenters. The molecule has 102 valence electrons. The van der Waals surface area contributed by atoms with E-state index in [1.54, 1.807) is 31.3 Å². The molecule has 1 aromatic heterocycles. The highest BCUT2D eigenvalue weighted by molar-refractivity contribution is 8.01. The van der Waals surface area contributed by atoms with Crippen LogP contribution < -0.4 is 10.1 Å². The van der Waals surface area contributed by atoms with Gasteiger partial charge in [0.2, 0.25) is 5.91 Å². The van der Waals surface area contributed by atoms with Gasteiger partial charge in [-0.15, -0.1) is 11.8 Å². The second-order valence-electron chi connectivity index (χ2n) is 4.52. The Morgan fingerprint density at radius 1 is 1.30 bits per heavy atom. The fraction of sp³-hybridized carbons (Fsp3) is 0.200. The number of hydrogen-bond acceptors (Lipinski definition) is 4. The zero-order valence-electron chi connectivity index (χ0n) is 11.0. The number of carbonyl (C=O) groups excluding carboxylic acids is 1. The first-order valence-electron chi connectivity index (χ1n) is 6.31. The molecule has 1 aliphatic heterocycles. The van der Waals surface area contributed by atoms with Gasteiger partial charge in [0, 0.05) is 11.1 Å². The van der Waals surface area contributed by atoms with Crippen LogP contribution in [-0.4, -0.2) is 23.3 Å². The number of thioether (sulfide) groups is 1. The summed E-state index contributed by atoms with van der Waals surface area (Å²) in [6, 6.07) is 9.75. The Hall–Kier alpha value is -2.01. The number of hydrogen-bond donors (Lipinski definition) is 1. The third-order valence-corrected chi connectivity index (χ3v) is 4.46. The van der Waals surface area contributed by atoms with Crippen molar-refractivity contribution in [1.82, 2.24) is 4.98 Å². The predicted octanol–water partition coefficient (Wildman–Crippen LogP) is 2.75. The van der Waals surface area contributed by atoms with Crippen LogP contribution in [0.1, 0.15) is 5.56 Å². The number of nitrogens with zero attached hydrogens (tertiary/aromatic N) is 1. The summed E-state index contributed by atoms with van der Waals surface area (Å²) in [7, 11) is 1.64. The Morgan fingerprint density at radius 3 is 2.85 bits per heavy atom. The van der Waals surface area contributed by atoms with Gasteiger partial charge >= 0.3 is 0 Å². The molecule has 0 radical (unpaired) electrons. The molecule has 1 aliphatic rings. The van der Waals surface area contributed by atoms with Gasteiger partial charge in [-0.05, 0) is 30.2 Å². The Morgan fingerprint density at radius 2 is 2.10 bits per heavy atom. The maximum atomic E-state index is 12.1. The monoisotopic (exact) mass is 286 g/mol. The molecule has 2 heterocycles. The predicted molar refractivity (Wildman–Crippen MR) is 79.2 cm³/mol. The lowest BCUT2D eigenvalue weighted by atomic mass is 10.1. The van der Waals surface area contributed by atoms with Gasteiger partial charge in [-0.3, -0.25) is 9.78 Å². The summed E-state index contributed by atoms with van der Waals surface area (Å²) in [4.78, 5) is 17.2. The number of methoxy groups -OCH3 is 1. The normalized spacial score (nSPS) is 17.2. The van der Waals surface area contributed by atoms with E-state index in [9.17, 15) is 4.79 Å². The molecule has 1 unspecified atom stereocenters. The SMILES string of the molecule is COc1ccc(CC2Sc3ccncc3NC2=O)cc1. The van der Waals surface area contributed by atoms with Gasteiger partial charge in [0.25, 0.3) is 0 Å². The zero-order chi connectivity index (χ0) is 13.9. The van der Waals surface area contributed by atoms with Crippen molar-refractivity contribution in [3.8, 4) is 5.75 Å². The highest BCUT2D eigenvalue weighted by atomic mass is 32.2. The van der Waals surface area contributed by atoms with Crippen molar-refractivity contribution in [3.05, 3.63) is 48.3 Å². The van der Waals surface area contributed by atoms with E-state index in [1.165, 1.54) is 0 Å². The van der Waals surface area contributed by atoms with E-state index < -0.39 is 0 Å². The Kier molecular flexibility index (Phi) is 3.60. The molecule has 0 aliphatic carbocycles. The van der Waals surface area contributed by atoms with Crippen molar-refractivity contribution in [2.75, 3.05) is 12.4 Å². The van der Waals surface area contributed by atoms with Crippen LogP contribution in [0.3, 0.4) is 0 Å². The number of ether oxygens (including phenoxy) is 1. The molecule has 4 nitrogen and oxygen atoms in total. The first-order valence-corrected chi connectivity index (χ1v) is 7.18. The fourth-order valence-electron chi connectivity index (χ4n) is 2.11. The molecule has 0 fully saturated rings. The van der Waals surface area contributed by atoms with Crippen LogP contribution in [0, 0.1) is 0 Å². The molecule has 1 aromatic carbocycles. The molecule has 2 aromatic rings. The smallest absolute Gasteiger partial charge is 0.238 e. The Bertz CT molecular complexity index is 628. The van der Waals surface area contributed by atoms with Crippen LogP contribution in [0.2, 0.25) is 0 Å². The standard InChI is InChI=1S/C15H14N2O2S/c1-19-11-4-2-10(3-5-11)8-14-15(18)17-12-9-16-7-6-13(12)20-14/h2-7,9,14H,8H2,1H3,(H,17,18). The number of carbonyl (C=O) groups is 1. The van der Waals surface area contributed by atoms with Crippen molar-refractivity contribution in [2.24, 2.45) is 0 Å². The lowest BCUT2D eigenvalue weighted by molar-refractivity contribution is -0.115. The van der Waals surface area contributed by atoms with Gasteiger partial charge in [-0.1, -0.05) is 12.1 Å². The summed E-state index contributed by atoms with van der Waals surface area (Å²) in [6.45, 7) is 0. The van der Waals surface area contributed by atoms with E-state index in [-0.39, 0.29) is 11.2 Å². The average Bonchev–Trinajstić information content (AvgIpc) is 2.49. The van der Waals surface area contributed by atoms with Crippen LogP contribution in [0.25, 0.3) is 0 Å². The highest BCUT2D eigenvalue weighted by Crippen LogP contribution is 2.36. The summed E-state index contributed by atoms with van der Waals surface area (Å²) in [6.07, 6.45) is 4.12. The molecule has 0 bridgehead atoms. The average molecular weight is 286 g/mol. The van der Waals surface area contributed by atoms with Crippen LogP contribution in [0.5, 0.6) is 5.75 Å². The van der Waals surface area contributed by atoms with E-state index >= 15 is 0 Å². The van der Waals surface area contributed by atoms with Crippen molar-refractivity contribution >= 4 is 23.4 Å². The van der Waals surface area contributed by atoms with Crippen molar-refractivity contribution in [1.29, 1.82) is 0 Å². The van der Waals surface area contributed by atoms with Gasteiger partial charge in [-0.2, -0.15) is 0 Å². The molecule has 5 heteroatoms. The summed E-state index contributed by atoms with van der Waals surface area (Å²) in [5, 5.41) is 2.79. The van der Waals surface area contributed by atoms with Gasteiger partial charge < -0.3 is 10.1 Å². The van der Waals surface area contributed by atoms with Crippen LogP contribution in [-0.2, 0) is 11.2 Å². The van der Waals surface area contributed by atoms with E-state index in [0.29, 0.717) is 6.42 Å².